The maximum absolute atomic E-state index is 5.43. The summed E-state index contributed by atoms with van der Waals surface area (Å²) in [5.41, 5.74) is 11.6. The van der Waals surface area contributed by atoms with Gasteiger partial charge in [-0.1, -0.05) is 158 Å². The third-order valence-corrected chi connectivity index (χ3v) is 10.9. The van der Waals surface area contributed by atoms with Crippen LogP contribution in [0.2, 0.25) is 0 Å². The molecule has 0 aliphatic heterocycles. The number of hydrogen-bond acceptors (Lipinski definition) is 1. The zero-order chi connectivity index (χ0) is 34.9. The van der Waals surface area contributed by atoms with Gasteiger partial charge in [-0.25, -0.2) is 4.98 Å². The summed E-state index contributed by atoms with van der Waals surface area (Å²) in [7, 11) is 0. The standard InChI is InChI=1S/C51H32N2/c1-3-16-33(17-4-1)47-37-22-7-9-24-39(37)48(40-25-10-8-23-38(40)47)34-18-15-19-35(32-34)51-43-30-31-46-50(49(43)41-26-11-13-28-44(41)52-51)42-27-12-14-29-45(42)53(46)36-20-5-2-6-21-36/h1-32H. The number of benzene rings is 9. The molecule has 2 heterocycles. The molecule has 2 heteroatoms. The van der Waals surface area contributed by atoms with Crippen LogP contribution in [0.4, 0.5) is 0 Å². The van der Waals surface area contributed by atoms with Crippen molar-refractivity contribution < 1.29 is 0 Å². The fourth-order valence-corrected chi connectivity index (χ4v) is 8.75. The Morgan fingerprint density at radius 3 is 1.55 bits per heavy atom. The number of rotatable bonds is 4. The second-order valence-corrected chi connectivity index (χ2v) is 13.8. The van der Waals surface area contributed by atoms with Crippen LogP contribution in [0.3, 0.4) is 0 Å². The second kappa shape index (κ2) is 11.8. The quantitative estimate of drug-likeness (QED) is 0.134. The number of aromatic nitrogens is 2. The largest absolute Gasteiger partial charge is 0.309 e. The van der Waals surface area contributed by atoms with Crippen LogP contribution in [0.5, 0.6) is 0 Å². The number of pyridine rings is 1. The Morgan fingerprint density at radius 2 is 0.849 bits per heavy atom. The monoisotopic (exact) mass is 672 g/mol. The van der Waals surface area contributed by atoms with Crippen LogP contribution >= 0.6 is 0 Å². The number of fused-ring (bicyclic) bond motifs is 9. The molecule has 0 N–H and O–H groups in total. The Labute approximate surface area is 306 Å². The van der Waals surface area contributed by atoms with Crippen molar-refractivity contribution in [2.75, 3.05) is 0 Å². The van der Waals surface area contributed by atoms with Crippen LogP contribution in [0.25, 0.3) is 104 Å². The van der Waals surface area contributed by atoms with Crippen LogP contribution in [0.1, 0.15) is 0 Å². The van der Waals surface area contributed by atoms with Gasteiger partial charge in [0, 0.05) is 38.2 Å². The van der Waals surface area contributed by atoms with Gasteiger partial charge in [0.15, 0.2) is 0 Å². The highest BCUT2D eigenvalue weighted by molar-refractivity contribution is 6.29. The molecule has 0 amide bonds. The van der Waals surface area contributed by atoms with E-state index < -0.39 is 0 Å². The predicted molar refractivity (Wildman–Crippen MR) is 225 cm³/mol. The van der Waals surface area contributed by atoms with E-state index in [-0.39, 0.29) is 0 Å². The Balaban J connectivity index is 1.21. The topological polar surface area (TPSA) is 17.8 Å². The number of nitrogens with zero attached hydrogens (tertiary/aromatic N) is 2. The van der Waals surface area contributed by atoms with Crippen LogP contribution in [0.15, 0.2) is 194 Å². The molecule has 0 aliphatic carbocycles. The van der Waals surface area contributed by atoms with Crippen molar-refractivity contribution >= 4 is 65.0 Å². The molecular weight excluding hydrogens is 641 g/mol. The molecule has 0 aliphatic rings. The molecule has 0 atom stereocenters. The lowest BCUT2D eigenvalue weighted by Gasteiger charge is -2.18. The van der Waals surface area contributed by atoms with Crippen molar-refractivity contribution in [1.82, 2.24) is 9.55 Å². The van der Waals surface area contributed by atoms with Gasteiger partial charge in [-0.2, -0.15) is 0 Å². The first-order valence-electron chi connectivity index (χ1n) is 18.2. The van der Waals surface area contributed by atoms with Crippen molar-refractivity contribution in [3.63, 3.8) is 0 Å². The van der Waals surface area contributed by atoms with E-state index >= 15 is 0 Å². The van der Waals surface area contributed by atoms with Gasteiger partial charge in [0.2, 0.25) is 0 Å². The van der Waals surface area contributed by atoms with Gasteiger partial charge in [0.25, 0.3) is 0 Å². The van der Waals surface area contributed by atoms with Crippen molar-refractivity contribution in [2.24, 2.45) is 0 Å². The Morgan fingerprint density at radius 1 is 0.321 bits per heavy atom. The zero-order valence-electron chi connectivity index (χ0n) is 28.9. The summed E-state index contributed by atoms with van der Waals surface area (Å²) in [5, 5.41) is 11.0. The summed E-state index contributed by atoms with van der Waals surface area (Å²) in [6.07, 6.45) is 0. The van der Waals surface area contributed by atoms with Crippen LogP contribution < -0.4 is 0 Å². The lowest BCUT2D eigenvalue weighted by Crippen LogP contribution is -1.94. The molecule has 2 aromatic heterocycles. The van der Waals surface area contributed by atoms with Gasteiger partial charge in [-0.3, -0.25) is 0 Å². The van der Waals surface area contributed by atoms with Gasteiger partial charge in [-0.05, 0) is 80.2 Å². The van der Waals surface area contributed by atoms with Gasteiger partial charge in [0.1, 0.15) is 0 Å². The van der Waals surface area contributed by atoms with Crippen LogP contribution in [0, 0.1) is 0 Å². The van der Waals surface area contributed by atoms with Crippen molar-refractivity contribution in [3.8, 4) is 39.2 Å². The van der Waals surface area contributed by atoms with E-state index in [1.165, 1.54) is 71.0 Å². The highest BCUT2D eigenvalue weighted by atomic mass is 15.0. The van der Waals surface area contributed by atoms with E-state index in [9.17, 15) is 0 Å². The van der Waals surface area contributed by atoms with E-state index in [2.05, 4.69) is 199 Å². The van der Waals surface area contributed by atoms with Gasteiger partial charge in [-0.15, -0.1) is 0 Å². The van der Waals surface area contributed by atoms with Crippen LogP contribution in [-0.2, 0) is 0 Å². The molecule has 53 heavy (non-hydrogen) atoms. The van der Waals surface area contributed by atoms with Crippen molar-refractivity contribution in [3.05, 3.63) is 194 Å². The lowest BCUT2D eigenvalue weighted by atomic mass is 9.85. The first-order chi connectivity index (χ1) is 26.3. The summed E-state index contributed by atoms with van der Waals surface area (Å²) in [6.45, 7) is 0. The number of hydrogen-bond donors (Lipinski definition) is 0. The van der Waals surface area contributed by atoms with E-state index in [0.29, 0.717) is 0 Å². The summed E-state index contributed by atoms with van der Waals surface area (Å²) in [5.74, 6) is 0. The molecule has 0 radical (unpaired) electrons. The minimum absolute atomic E-state index is 0.993. The molecule has 0 spiro atoms. The maximum atomic E-state index is 5.43. The highest BCUT2D eigenvalue weighted by Gasteiger charge is 2.21. The Kier molecular flexibility index (Phi) is 6.59. The fraction of sp³-hybridized carbons (Fsp3) is 0. The average molecular weight is 673 g/mol. The van der Waals surface area contributed by atoms with Crippen molar-refractivity contribution in [2.45, 2.75) is 0 Å². The normalized spacial score (nSPS) is 11.8. The summed E-state index contributed by atoms with van der Waals surface area (Å²) in [4.78, 5) is 5.43. The van der Waals surface area contributed by atoms with Gasteiger partial charge in [0.05, 0.1) is 22.2 Å². The SMILES string of the molecule is c1ccc(-c2c3ccccc3c(-c3cccc(-c4nc5ccccc5c5c4ccc4c5c5ccccc5n4-c4ccccc4)c3)c3ccccc23)cc1. The summed E-state index contributed by atoms with van der Waals surface area (Å²) >= 11 is 0. The first kappa shape index (κ1) is 29.7. The van der Waals surface area contributed by atoms with Gasteiger partial charge >= 0.3 is 0 Å². The smallest absolute Gasteiger partial charge is 0.0788 e. The maximum Gasteiger partial charge on any atom is 0.0788 e. The van der Waals surface area contributed by atoms with E-state index in [1.54, 1.807) is 0 Å². The average Bonchev–Trinajstić information content (AvgIpc) is 3.57. The summed E-state index contributed by atoms with van der Waals surface area (Å²) < 4.78 is 2.40. The molecule has 0 unspecified atom stereocenters. The van der Waals surface area contributed by atoms with Crippen molar-refractivity contribution in [1.29, 1.82) is 0 Å². The first-order valence-corrected chi connectivity index (χ1v) is 18.2. The molecule has 11 aromatic rings. The minimum atomic E-state index is 0.993. The molecular formula is C51H32N2. The molecule has 11 rings (SSSR count). The third-order valence-electron chi connectivity index (χ3n) is 10.9. The third kappa shape index (κ3) is 4.49. The molecule has 246 valence electrons. The lowest BCUT2D eigenvalue weighted by molar-refractivity contribution is 1.18. The van der Waals surface area contributed by atoms with Crippen LogP contribution in [-0.4, -0.2) is 9.55 Å². The van der Waals surface area contributed by atoms with E-state index in [0.717, 1.165) is 33.2 Å². The summed E-state index contributed by atoms with van der Waals surface area (Å²) in [6, 6.07) is 70.2. The highest BCUT2D eigenvalue weighted by Crippen LogP contribution is 2.46. The number of para-hydroxylation sites is 3. The van der Waals surface area contributed by atoms with E-state index in [4.69, 9.17) is 4.98 Å². The minimum Gasteiger partial charge on any atom is -0.309 e. The molecule has 0 fully saturated rings. The fourth-order valence-electron chi connectivity index (χ4n) is 8.75. The molecule has 2 nitrogen and oxygen atoms in total. The molecule has 0 saturated heterocycles. The predicted octanol–water partition coefficient (Wildman–Crippen LogP) is 13.8. The second-order valence-electron chi connectivity index (χ2n) is 13.8. The van der Waals surface area contributed by atoms with E-state index in [1.807, 2.05) is 0 Å². The van der Waals surface area contributed by atoms with Gasteiger partial charge < -0.3 is 4.57 Å². The molecule has 9 aromatic carbocycles. The molecule has 0 bridgehead atoms. The molecule has 0 saturated carbocycles. The Bertz CT molecular complexity index is 3150. The zero-order valence-corrected chi connectivity index (χ0v) is 28.9. The Hall–Kier alpha value is -7.03.